The molecule has 0 atom stereocenters. The third kappa shape index (κ3) is 4.88. The lowest BCUT2D eigenvalue weighted by molar-refractivity contribution is 0.119. The van der Waals surface area contributed by atoms with Gasteiger partial charge in [0.25, 0.3) is 0 Å². The van der Waals surface area contributed by atoms with Gasteiger partial charge in [-0.2, -0.15) is 15.5 Å². The lowest BCUT2D eigenvalue weighted by Crippen LogP contribution is -2.43. The standard InChI is InChI=1S/C28H33N9O/c1-38-13-12-34-8-4-25(5-9-34)36-20-24(18-32-36)22-14-26(28-23(15-29)17-33-37(28)19-22)21-2-3-27(31-16-21)35-10-6-30-7-11-35/h2-3,14,16-20,25,30H,4-13H2,1H3. The van der Waals surface area contributed by atoms with Crippen LogP contribution in [0.2, 0.25) is 0 Å². The molecule has 4 aromatic rings. The largest absolute Gasteiger partial charge is 0.383 e. The average molecular weight is 512 g/mol. The molecule has 4 aromatic heterocycles. The molecule has 10 heteroatoms. The Morgan fingerprint density at radius 3 is 2.58 bits per heavy atom. The number of fused-ring (bicyclic) bond motifs is 1. The van der Waals surface area contributed by atoms with Gasteiger partial charge >= 0.3 is 0 Å². The first-order chi connectivity index (χ1) is 18.7. The van der Waals surface area contributed by atoms with Crippen LogP contribution in [0.15, 0.2) is 49.2 Å². The summed E-state index contributed by atoms with van der Waals surface area (Å²) in [7, 11) is 1.75. The Labute approximate surface area is 222 Å². The zero-order valence-corrected chi connectivity index (χ0v) is 21.8. The van der Waals surface area contributed by atoms with Crippen LogP contribution >= 0.6 is 0 Å². The second-order valence-corrected chi connectivity index (χ2v) is 10.0. The van der Waals surface area contributed by atoms with Crippen molar-refractivity contribution in [2.45, 2.75) is 18.9 Å². The Hall–Kier alpha value is -3.78. The number of piperidine rings is 1. The van der Waals surface area contributed by atoms with Crippen molar-refractivity contribution in [3.8, 4) is 28.3 Å². The zero-order chi connectivity index (χ0) is 25.9. The molecular weight excluding hydrogens is 478 g/mol. The summed E-state index contributed by atoms with van der Waals surface area (Å²) in [6.07, 6.45) is 11.7. The summed E-state index contributed by atoms with van der Waals surface area (Å²) in [5.41, 5.74) is 5.29. The lowest BCUT2D eigenvalue weighted by atomic mass is 10.0. The predicted molar refractivity (Wildman–Crippen MR) is 146 cm³/mol. The lowest BCUT2D eigenvalue weighted by Gasteiger charge is -2.31. The molecule has 196 valence electrons. The van der Waals surface area contributed by atoms with Crippen LogP contribution in [0.1, 0.15) is 24.4 Å². The Balaban J connectivity index is 1.29. The van der Waals surface area contributed by atoms with Crippen molar-refractivity contribution in [2.75, 3.05) is 64.4 Å². The van der Waals surface area contributed by atoms with E-state index in [1.54, 1.807) is 17.8 Å². The number of aromatic nitrogens is 5. The second kappa shape index (κ2) is 10.9. The third-order valence-corrected chi connectivity index (χ3v) is 7.71. The molecule has 0 bridgehead atoms. The first-order valence-corrected chi connectivity index (χ1v) is 13.3. The fraction of sp³-hybridized carbons (Fsp3) is 0.429. The number of anilines is 1. The zero-order valence-electron chi connectivity index (χ0n) is 21.8. The van der Waals surface area contributed by atoms with E-state index in [2.05, 4.69) is 55.4 Å². The number of nitriles is 1. The Morgan fingerprint density at radius 1 is 1.00 bits per heavy atom. The van der Waals surface area contributed by atoms with Crippen molar-refractivity contribution in [3.63, 3.8) is 0 Å². The molecule has 0 radical (unpaired) electrons. The van der Waals surface area contributed by atoms with E-state index in [1.165, 1.54) is 0 Å². The van der Waals surface area contributed by atoms with Crippen molar-refractivity contribution >= 4 is 11.3 Å². The van der Waals surface area contributed by atoms with Gasteiger partial charge < -0.3 is 19.9 Å². The van der Waals surface area contributed by atoms with Gasteiger partial charge in [0, 0.05) is 93.8 Å². The van der Waals surface area contributed by atoms with Crippen LogP contribution in [-0.2, 0) is 4.74 Å². The number of piperazine rings is 1. The number of nitrogens with zero attached hydrogens (tertiary/aromatic N) is 8. The summed E-state index contributed by atoms with van der Waals surface area (Å²) < 4.78 is 9.15. The number of pyridine rings is 2. The van der Waals surface area contributed by atoms with Crippen molar-refractivity contribution in [3.05, 3.63) is 54.7 Å². The van der Waals surface area contributed by atoms with Crippen molar-refractivity contribution < 1.29 is 4.74 Å². The highest BCUT2D eigenvalue weighted by atomic mass is 16.5. The molecule has 0 saturated carbocycles. The number of rotatable bonds is 7. The Kier molecular flexibility index (Phi) is 7.05. The molecule has 2 aliphatic heterocycles. The summed E-state index contributed by atoms with van der Waals surface area (Å²) in [6.45, 7) is 7.70. The molecule has 2 fully saturated rings. The summed E-state index contributed by atoms with van der Waals surface area (Å²) >= 11 is 0. The Bertz CT molecular complexity index is 1420. The van der Waals surface area contributed by atoms with E-state index in [0.29, 0.717) is 11.6 Å². The summed E-state index contributed by atoms with van der Waals surface area (Å²) in [4.78, 5) is 9.52. The van der Waals surface area contributed by atoms with Crippen LogP contribution in [-0.4, -0.2) is 88.8 Å². The number of hydrogen-bond donors (Lipinski definition) is 1. The number of likely N-dealkylation sites (tertiary alicyclic amines) is 1. The molecule has 0 spiro atoms. The van der Waals surface area contributed by atoms with E-state index >= 15 is 0 Å². The van der Waals surface area contributed by atoms with Gasteiger partial charge in [-0.05, 0) is 31.0 Å². The van der Waals surface area contributed by atoms with Crippen molar-refractivity contribution in [1.29, 1.82) is 5.26 Å². The van der Waals surface area contributed by atoms with Crippen LogP contribution in [0.4, 0.5) is 5.82 Å². The molecule has 0 aliphatic carbocycles. The molecule has 6 heterocycles. The van der Waals surface area contributed by atoms with Crippen molar-refractivity contribution in [2.24, 2.45) is 0 Å². The first-order valence-electron chi connectivity index (χ1n) is 13.3. The van der Waals surface area contributed by atoms with Crippen LogP contribution in [0.25, 0.3) is 27.8 Å². The Morgan fingerprint density at radius 2 is 1.84 bits per heavy atom. The molecule has 1 N–H and O–H groups in total. The molecule has 0 amide bonds. The van der Waals surface area contributed by atoms with E-state index < -0.39 is 0 Å². The van der Waals surface area contributed by atoms with Gasteiger partial charge in [0.15, 0.2) is 0 Å². The summed E-state index contributed by atoms with van der Waals surface area (Å²) in [5.74, 6) is 0.978. The molecule has 2 saturated heterocycles. The smallest absolute Gasteiger partial charge is 0.128 e. The molecule has 0 unspecified atom stereocenters. The maximum atomic E-state index is 9.76. The highest BCUT2D eigenvalue weighted by molar-refractivity contribution is 5.87. The molecule has 0 aromatic carbocycles. The molecule has 6 rings (SSSR count). The van der Waals surface area contributed by atoms with Gasteiger partial charge in [0.05, 0.1) is 36.1 Å². The van der Waals surface area contributed by atoms with E-state index in [0.717, 1.165) is 98.9 Å². The quantitative estimate of drug-likeness (QED) is 0.404. The molecular formula is C28H33N9O. The summed E-state index contributed by atoms with van der Waals surface area (Å²) in [6, 6.07) is 8.99. The number of ether oxygens (including phenoxy) is 1. The van der Waals surface area contributed by atoms with Gasteiger partial charge in [-0.15, -0.1) is 0 Å². The monoisotopic (exact) mass is 511 g/mol. The third-order valence-electron chi connectivity index (χ3n) is 7.71. The van der Waals surface area contributed by atoms with Crippen molar-refractivity contribution in [1.82, 2.24) is 34.6 Å². The molecule has 2 aliphatic rings. The highest BCUT2D eigenvalue weighted by Gasteiger charge is 2.22. The summed E-state index contributed by atoms with van der Waals surface area (Å²) in [5, 5.41) is 22.4. The second-order valence-electron chi connectivity index (χ2n) is 10.0. The van der Waals surface area contributed by atoms with Gasteiger partial charge in [-0.1, -0.05) is 0 Å². The number of hydrogen-bond acceptors (Lipinski definition) is 8. The first kappa shape index (κ1) is 24.6. The van der Waals surface area contributed by atoms with E-state index in [4.69, 9.17) is 14.8 Å². The number of nitrogens with one attached hydrogen (secondary N) is 1. The fourth-order valence-corrected chi connectivity index (χ4v) is 5.52. The average Bonchev–Trinajstić information content (AvgIpc) is 3.64. The van der Waals surface area contributed by atoms with E-state index in [-0.39, 0.29) is 0 Å². The number of methoxy groups -OCH3 is 1. The topological polar surface area (TPSA) is 99.5 Å². The van der Waals surface area contributed by atoms with Gasteiger partial charge in [-0.25, -0.2) is 9.50 Å². The minimum absolute atomic E-state index is 0.391. The SMILES string of the molecule is COCCN1CCC(n2cc(-c3cc(-c4ccc(N5CCNCC5)nc4)c4c(C#N)cnn4c3)cn2)CC1. The highest BCUT2D eigenvalue weighted by Crippen LogP contribution is 2.33. The van der Waals surface area contributed by atoms with Gasteiger partial charge in [0.2, 0.25) is 0 Å². The van der Waals surface area contributed by atoms with Crippen LogP contribution in [0.5, 0.6) is 0 Å². The minimum Gasteiger partial charge on any atom is -0.383 e. The van der Waals surface area contributed by atoms with E-state index in [9.17, 15) is 5.26 Å². The predicted octanol–water partition coefficient (Wildman–Crippen LogP) is 2.82. The normalized spacial score (nSPS) is 17.2. The van der Waals surface area contributed by atoms with Crippen LogP contribution in [0.3, 0.4) is 0 Å². The van der Waals surface area contributed by atoms with E-state index in [1.807, 2.05) is 18.6 Å². The minimum atomic E-state index is 0.391. The molecule has 38 heavy (non-hydrogen) atoms. The van der Waals surface area contributed by atoms with Gasteiger partial charge in [0.1, 0.15) is 11.9 Å². The maximum Gasteiger partial charge on any atom is 0.128 e. The van der Waals surface area contributed by atoms with Gasteiger partial charge in [-0.3, -0.25) is 4.68 Å². The fourth-order valence-electron chi connectivity index (χ4n) is 5.52. The molecule has 10 nitrogen and oxygen atoms in total. The van der Waals surface area contributed by atoms with Crippen LogP contribution in [0, 0.1) is 11.3 Å². The maximum absolute atomic E-state index is 9.76. The van der Waals surface area contributed by atoms with Crippen LogP contribution < -0.4 is 10.2 Å².